The SMILES string of the molecule is CCOC(=S)c1ccccc1C(C)=S. The van der Waals surface area contributed by atoms with Gasteiger partial charge in [0.1, 0.15) is 0 Å². The Morgan fingerprint density at radius 1 is 1.21 bits per heavy atom. The molecule has 0 amide bonds. The summed E-state index contributed by atoms with van der Waals surface area (Å²) in [5.41, 5.74) is 1.90. The summed E-state index contributed by atoms with van der Waals surface area (Å²) in [5, 5.41) is 0.521. The van der Waals surface area contributed by atoms with Gasteiger partial charge in [-0.3, -0.25) is 0 Å². The smallest absolute Gasteiger partial charge is 0.191 e. The molecule has 0 radical (unpaired) electrons. The summed E-state index contributed by atoms with van der Waals surface area (Å²) in [6.45, 7) is 4.39. The summed E-state index contributed by atoms with van der Waals surface area (Å²) in [4.78, 5) is 0.836. The van der Waals surface area contributed by atoms with Gasteiger partial charge in [-0.2, -0.15) is 0 Å². The van der Waals surface area contributed by atoms with Crippen LogP contribution in [0.15, 0.2) is 24.3 Å². The molecular weight excluding hydrogens is 212 g/mol. The average Bonchev–Trinajstić information content (AvgIpc) is 2.18. The molecule has 0 N–H and O–H groups in total. The lowest BCUT2D eigenvalue weighted by Gasteiger charge is -2.09. The van der Waals surface area contributed by atoms with E-state index >= 15 is 0 Å². The van der Waals surface area contributed by atoms with Gasteiger partial charge in [-0.25, -0.2) is 0 Å². The predicted octanol–water partition coefficient (Wildman–Crippen LogP) is 3.14. The Labute approximate surface area is 95.1 Å². The lowest BCUT2D eigenvalue weighted by atomic mass is 10.1. The third-order valence-electron chi connectivity index (χ3n) is 1.80. The van der Waals surface area contributed by atoms with Crippen molar-refractivity contribution in [2.24, 2.45) is 0 Å². The minimum atomic E-state index is 0.521. The first-order chi connectivity index (χ1) is 6.66. The molecule has 14 heavy (non-hydrogen) atoms. The Morgan fingerprint density at radius 3 is 2.29 bits per heavy atom. The fourth-order valence-corrected chi connectivity index (χ4v) is 1.65. The van der Waals surface area contributed by atoms with Crippen LogP contribution in [0, 0.1) is 0 Å². The van der Waals surface area contributed by atoms with Crippen molar-refractivity contribution >= 4 is 34.4 Å². The first-order valence-corrected chi connectivity index (χ1v) is 5.25. The number of thiocarbonyl (C=S) groups is 2. The van der Waals surface area contributed by atoms with Crippen LogP contribution in [0.5, 0.6) is 0 Å². The zero-order chi connectivity index (χ0) is 10.6. The Bertz CT molecular complexity index is 358. The molecule has 0 bridgehead atoms. The molecule has 0 aliphatic rings. The fraction of sp³-hybridized carbons (Fsp3) is 0.273. The molecule has 1 rings (SSSR count). The predicted molar refractivity (Wildman–Crippen MR) is 67.1 cm³/mol. The first-order valence-electron chi connectivity index (χ1n) is 4.44. The summed E-state index contributed by atoms with van der Waals surface area (Å²) in [6, 6.07) is 7.78. The molecule has 74 valence electrons. The molecule has 0 saturated heterocycles. The fourth-order valence-electron chi connectivity index (χ4n) is 1.18. The molecule has 0 saturated carbocycles. The van der Waals surface area contributed by atoms with E-state index in [0.29, 0.717) is 11.7 Å². The number of hydrogen-bond acceptors (Lipinski definition) is 3. The highest BCUT2D eigenvalue weighted by molar-refractivity contribution is 7.81. The van der Waals surface area contributed by atoms with Gasteiger partial charge in [0, 0.05) is 10.4 Å². The minimum absolute atomic E-state index is 0.521. The van der Waals surface area contributed by atoms with E-state index in [0.717, 1.165) is 16.0 Å². The standard InChI is InChI=1S/C11H12OS2/c1-3-12-11(14)10-7-5-4-6-9(10)8(2)13/h4-7H,3H2,1-2H3. The summed E-state index contributed by atoms with van der Waals surface area (Å²) in [5.74, 6) is 0. The molecule has 3 heteroatoms. The number of ether oxygens (including phenoxy) is 1. The van der Waals surface area contributed by atoms with Crippen LogP contribution in [0.1, 0.15) is 25.0 Å². The van der Waals surface area contributed by atoms with Gasteiger partial charge >= 0.3 is 0 Å². The number of hydrogen-bond donors (Lipinski definition) is 0. The molecule has 0 aromatic heterocycles. The van der Waals surface area contributed by atoms with Crippen LogP contribution in [0.25, 0.3) is 0 Å². The van der Waals surface area contributed by atoms with Crippen LogP contribution in [-0.4, -0.2) is 16.5 Å². The maximum absolute atomic E-state index is 5.29. The average molecular weight is 224 g/mol. The minimum Gasteiger partial charge on any atom is -0.483 e. The van der Waals surface area contributed by atoms with Gasteiger partial charge in [-0.05, 0) is 37.7 Å². The van der Waals surface area contributed by atoms with Crippen molar-refractivity contribution in [3.05, 3.63) is 35.4 Å². The molecule has 0 spiro atoms. The van der Waals surface area contributed by atoms with E-state index < -0.39 is 0 Å². The van der Waals surface area contributed by atoms with E-state index in [1.54, 1.807) is 0 Å². The van der Waals surface area contributed by atoms with E-state index in [9.17, 15) is 0 Å². The zero-order valence-electron chi connectivity index (χ0n) is 8.24. The Balaban J connectivity index is 3.07. The summed E-state index contributed by atoms with van der Waals surface area (Å²) < 4.78 is 5.29. The second-order valence-electron chi connectivity index (χ2n) is 2.82. The number of benzene rings is 1. The van der Waals surface area contributed by atoms with E-state index in [1.165, 1.54) is 0 Å². The van der Waals surface area contributed by atoms with Gasteiger partial charge in [0.2, 0.25) is 0 Å². The molecule has 0 aliphatic carbocycles. The lowest BCUT2D eigenvalue weighted by molar-refractivity contribution is 0.337. The van der Waals surface area contributed by atoms with Crippen molar-refractivity contribution in [2.45, 2.75) is 13.8 Å². The van der Waals surface area contributed by atoms with Crippen LogP contribution in [-0.2, 0) is 4.74 Å². The van der Waals surface area contributed by atoms with Crippen molar-refractivity contribution in [1.82, 2.24) is 0 Å². The van der Waals surface area contributed by atoms with E-state index in [4.69, 9.17) is 29.2 Å². The molecule has 1 nitrogen and oxygen atoms in total. The summed E-state index contributed by atoms with van der Waals surface area (Å²) in [6.07, 6.45) is 0. The van der Waals surface area contributed by atoms with Gasteiger partial charge in [0.15, 0.2) is 5.05 Å². The normalized spacial score (nSPS) is 9.57. The highest BCUT2D eigenvalue weighted by atomic mass is 32.1. The highest BCUT2D eigenvalue weighted by Gasteiger charge is 2.08. The lowest BCUT2D eigenvalue weighted by Crippen LogP contribution is -2.08. The van der Waals surface area contributed by atoms with Crippen LogP contribution in [0.3, 0.4) is 0 Å². The van der Waals surface area contributed by atoms with Gasteiger partial charge in [-0.15, -0.1) is 0 Å². The zero-order valence-corrected chi connectivity index (χ0v) is 9.87. The van der Waals surface area contributed by atoms with E-state index in [2.05, 4.69) is 0 Å². The highest BCUT2D eigenvalue weighted by Crippen LogP contribution is 2.12. The van der Waals surface area contributed by atoms with Gasteiger partial charge < -0.3 is 4.74 Å². The molecule has 0 unspecified atom stereocenters. The van der Waals surface area contributed by atoms with Crippen LogP contribution in [0.2, 0.25) is 0 Å². The van der Waals surface area contributed by atoms with Crippen molar-refractivity contribution < 1.29 is 4.74 Å². The molecule has 0 fully saturated rings. The Kier molecular flexibility index (Phi) is 4.17. The second-order valence-corrected chi connectivity index (χ2v) is 3.81. The van der Waals surface area contributed by atoms with E-state index in [-0.39, 0.29) is 0 Å². The van der Waals surface area contributed by atoms with Gasteiger partial charge in [-0.1, -0.05) is 30.4 Å². The summed E-state index contributed by atoms with van der Waals surface area (Å²) in [7, 11) is 0. The third kappa shape index (κ3) is 2.59. The van der Waals surface area contributed by atoms with Gasteiger partial charge in [0.25, 0.3) is 0 Å². The van der Waals surface area contributed by atoms with Crippen LogP contribution in [0.4, 0.5) is 0 Å². The Hall–Kier alpha value is -0.800. The molecule has 0 atom stereocenters. The molecule has 0 heterocycles. The van der Waals surface area contributed by atoms with E-state index in [1.807, 2.05) is 38.1 Å². The van der Waals surface area contributed by atoms with Crippen molar-refractivity contribution in [2.75, 3.05) is 6.61 Å². The largest absolute Gasteiger partial charge is 0.483 e. The first kappa shape index (κ1) is 11.3. The van der Waals surface area contributed by atoms with Crippen molar-refractivity contribution in [1.29, 1.82) is 0 Å². The quantitative estimate of drug-likeness (QED) is 0.576. The Morgan fingerprint density at radius 2 is 1.79 bits per heavy atom. The monoisotopic (exact) mass is 224 g/mol. The van der Waals surface area contributed by atoms with Crippen molar-refractivity contribution in [3.63, 3.8) is 0 Å². The maximum Gasteiger partial charge on any atom is 0.191 e. The maximum atomic E-state index is 5.29. The molecule has 1 aromatic rings. The van der Waals surface area contributed by atoms with Crippen LogP contribution >= 0.6 is 24.4 Å². The summed E-state index contributed by atoms with van der Waals surface area (Å²) >= 11 is 10.3. The van der Waals surface area contributed by atoms with Crippen LogP contribution < -0.4 is 0 Å². The molecule has 0 aliphatic heterocycles. The third-order valence-corrected chi connectivity index (χ3v) is 2.36. The second kappa shape index (κ2) is 5.17. The molecular formula is C11H12OS2. The van der Waals surface area contributed by atoms with Gasteiger partial charge in [0.05, 0.1) is 6.61 Å². The topological polar surface area (TPSA) is 9.23 Å². The number of rotatable bonds is 3. The molecule has 1 aromatic carbocycles. The van der Waals surface area contributed by atoms with Crippen molar-refractivity contribution in [3.8, 4) is 0 Å².